The molecule has 0 saturated heterocycles. The zero-order valence-electron chi connectivity index (χ0n) is 9.18. The molecule has 1 aliphatic carbocycles. The number of hydrogen-bond acceptors (Lipinski definition) is 2. The van der Waals surface area contributed by atoms with Crippen LogP contribution in [-0.4, -0.2) is 17.0 Å². The third-order valence-electron chi connectivity index (χ3n) is 3.15. The maximum Gasteiger partial charge on any atom is 0.0211 e. The predicted molar refractivity (Wildman–Crippen MR) is 62.1 cm³/mol. The van der Waals surface area contributed by atoms with Crippen LogP contribution in [0.15, 0.2) is 0 Å². The lowest BCUT2D eigenvalue weighted by molar-refractivity contribution is 0.208. The van der Waals surface area contributed by atoms with Crippen molar-refractivity contribution in [2.75, 3.05) is 5.75 Å². The zero-order valence-corrected chi connectivity index (χ0v) is 9.99. The molecule has 0 amide bonds. The monoisotopic (exact) mass is 201 g/mol. The van der Waals surface area contributed by atoms with Crippen molar-refractivity contribution in [1.82, 2.24) is 0 Å². The molecule has 0 aromatic carbocycles. The molecule has 2 atom stereocenters. The Labute approximate surface area is 86.8 Å². The Morgan fingerprint density at radius 1 is 1.46 bits per heavy atom. The molecule has 0 heterocycles. The van der Waals surface area contributed by atoms with E-state index in [-0.39, 0.29) is 0 Å². The van der Waals surface area contributed by atoms with Crippen molar-refractivity contribution in [1.29, 1.82) is 0 Å². The molecule has 1 aliphatic rings. The molecule has 0 aromatic heterocycles. The SMILES string of the molecule is CCCSC1CCCC(C)(C)C1N. The fourth-order valence-corrected chi connectivity index (χ4v) is 3.51. The summed E-state index contributed by atoms with van der Waals surface area (Å²) in [7, 11) is 0. The minimum absolute atomic E-state index is 0.365. The van der Waals surface area contributed by atoms with E-state index in [0.29, 0.717) is 16.7 Å². The van der Waals surface area contributed by atoms with E-state index < -0.39 is 0 Å². The average Bonchev–Trinajstić information content (AvgIpc) is 2.08. The molecule has 78 valence electrons. The summed E-state index contributed by atoms with van der Waals surface area (Å²) in [5.41, 5.74) is 6.64. The molecule has 1 rings (SSSR count). The predicted octanol–water partition coefficient (Wildman–Crippen LogP) is 3.04. The first kappa shape index (κ1) is 11.4. The molecule has 0 aromatic rings. The normalized spacial score (nSPS) is 33.2. The Morgan fingerprint density at radius 2 is 2.15 bits per heavy atom. The maximum absolute atomic E-state index is 6.28. The molecule has 2 N–H and O–H groups in total. The highest BCUT2D eigenvalue weighted by Gasteiger charge is 2.36. The van der Waals surface area contributed by atoms with E-state index in [2.05, 4.69) is 32.5 Å². The van der Waals surface area contributed by atoms with Crippen LogP contribution in [0, 0.1) is 5.41 Å². The highest BCUT2D eigenvalue weighted by atomic mass is 32.2. The van der Waals surface area contributed by atoms with Gasteiger partial charge in [0.05, 0.1) is 0 Å². The number of rotatable bonds is 3. The molecule has 1 fully saturated rings. The van der Waals surface area contributed by atoms with Crippen LogP contribution < -0.4 is 5.73 Å². The third kappa shape index (κ3) is 2.88. The van der Waals surface area contributed by atoms with Crippen LogP contribution in [0.3, 0.4) is 0 Å². The van der Waals surface area contributed by atoms with E-state index >= 15 is 0 Å². The lowest BCUT2D eigenvalue weighted by atomic mass is 9.73. The van der Waals surface area contributed by atoms with E-state index in [9.17, 15) is 0 Å². The molecule has 0 spiro atoms. The number of hydrogen-bond donors (Lipinski definition) is 1. The van der Waals surface area contributed by atoms with Gasteiger partial charge in [-0.05, 0) is 30.4 Å². The molecule has 1 nitrogen and oxygen atoms in total. The Bertz CT molecular complexity index is 156. The first-order valence-corrected chi connectivity index (χ1v) is 6.50. The summed E-state index contributed by atoms with van der Waals surface area (Å²) >= 11 is 2.08. The maximum atomic E-state index is 6.28. The summed E-state index contributed by atoms with van der Waals surface area (Å²) in [6.07, 6.45) is 5.27. The van der Waals surface area contributed by atoms with Crippen molar-refractivity contribution in [2.24, 2.45) is 11.1 Å². The Balaban J connectivity index is 2.45. The molecule has 0 aliphatic heterocycles. The van der Waals surface area contributed by atoms with E-state index in [1.165, 1.54) is 31.4 Å². The Kier molecular flexibility index (Phi) is 4.11. The van der Waals surface area contributed by atoms with Gasteiger partial charge in [-0.25, -0.2) is 0 Å². The van der Waals surface area contributed by atoms with Crippen molar-refractivity contribution in [3.8, 4) is 0 Å². The van der Waals surface area contributed by atoms with Crippen molar-refractivity contribution < 1.29 is 0 Å². The van der Waals surface area contributed by atoms with Crippen LogP contribution in [0.2, 0.25) is 0 Å². The van der Waals surface area contributed by atoms with Gasteiger partial charge >= 0.3 is 0 Å². The van der Waals surface area contributed by atoms with Crippen molar-refractivity contribution in [3.63, 3.8) is 0 Å². The summed E-state index contributed by atoms with van der Waals surface area (Å²) in [6, 6.07) is 0.401. The Hall–Kier alpha value is 0.310. The second-order valence-corrected chi connectivity index (χ2v) is 6.16. The summed E-state index contributed by atoms with van der Waals surface area (Å²) in [6.45, 7) is 6.87. The molecular weight excluding hydrogens is 178 g/mol. The van der Waals surface area contributed by atoms with Gasteiger partial charge in [0.2, 0.25) is 0 Å². The van der Waals surface area contributed by atoms with Gasteiger partial charge in [-0.3, -0.25) is 0 Å². The van der Waals surface area contributed by atoms with Crippen molar-refractivity contribution >= 4 is 11.8 Å². The largest absolute Gasteiger partial charge is 0.326 e. The van der Waals surface area contributed by atoms with E-state index in [1.54, 1.807) is 0 Å². The van der Waals surface area contributed by atoms with Crippen LogP contribution in [0.5, 0.6) is 0 Å². The quantitative estimate of drug-likeness (QED) is 0.759. The summed E-state index contributed by atoms with van der Waals surface area (Å²) in [5, 5.41) is 0.712. The minimum Gasteiger partial charge on any atom is -0.326 e. The van der Waals surface area contributed by atoms with Gasteiger partial charge in [-0.1, -0.05) is 27.2 Å². The minimum atomic E-state index is 0.365. The molecule has 2 heteroatoms. The first-order chi connectivity index (χ1) is 6.08. The van der Waals surface area contributed by atoms with Gasteiger partial charge in [0, 0.05) is 11.3 Å². The van der Waals surface area contributed by atoms with Crippen molar-refractivity contribution in [3.05, 3.63) is 0 Å². The van der Waals surface area contributed by atoms with Crippen LogP contribution >= 0.6 is 11.8 Å². The molecule has 13 heavy (non-hydrogen) atoms. The average molecular weight is 201 g/mol. The molecular formula is C11H23NS. The number of thioether (sulfide) groups is 1. The highest BCUT2D eigenvalue weighted by Crippen LogP contribution is 2.39. The van der Waals surface area contributed by atoms with E-state index in [4.69, 9.17) is 5.73 Å². The third-order valence-corrected chi connectivity index (χ3v) is 4.75. The van der Waals surface area contributed by atoms with Crippen LogP contribution in [0.1, 0.15) is 46.5 Å². The zero-order chi connectivity index (χ0) is 9.90. The lowest BCUT2D eigenvalue weighted by Crippen LogP contribution is -2.48. The van der Waals surface area contributed by atoms with Gasteiger partial charge in [-0.15, -0.1) is 0 Å². The fourth-order valence-electron chi connectivity index (χ4n) is 2.06. The van der Waals surface area contributed by atoms with Crippen LogP contribution in [-0.2, 0) is 0 Å². The molecule has 0 radical (unpaired) electrons. The molecule has 2 unspecified atom stereocenters. The fraction of sp³-hybridized carbons (Fsp3) is 1.00. The standard InChI is InChI=1S/C11H23NS/c1-4-8-13-9-6-5-7-11(2,3)10(9)12/h9-10H,4-8,12H2,1-3H3. The van der Waals surface area contributed by atoms with Crippen LogP contribution in [0.4, 0.5) is 0 Å². The summed E-state index contributed by atoms with van der Waals surface area (Å²) in [5.74, 6) is 1.27. The second kappa shape index (κ2) is 4.70. The van der Waals surface area contributed by atoms with E-state index in [0.717, 1.165) is 0 Å². The van der Waals surface area contributed by atoms with Gasteiger partial charge in [0.15, 0.2) is 0 Å². The molecule has 1 saturated carbocycles. The molecule has 0 bridgehead atoms. The number of nitrogens with two attached hydrogens (primary N) is 1. The van der Waals surface area contributed by atoms with Gasteiger partial charge in [0.25, 0.3) is 0 Å². The topological polar surface area (TPSA) is 26.0 Å². The first-order valence-electron chi connectivity index (χ1n) is 5.45. The van der Waals surface area contributed by atoms with Gasteiger partial charge < -0.3 is 5.73 Å². The summed E-state index contributed by atoms with van der Waals surface area (Å²) in [4.78, 5) is 0. The Morgan fingerprint density at radius 3 is 2.77 bits per heavy atom. The van der Waals surface area contributed by atoms with Gasteiger partial charge in [-0.2, -0.15) is 11.8 Å². The van der Waals surface area contributed by atoms with Gasteiger partial charge in [0.1, 0.15) is 0 Å². The lowest BCUT2D eigenvalue weighted by Gasteiger charge is -2.41. The highest BCUT2D eigenvalue weighted by molar-refractivity contribution is 7.99. The second-order valence-electron chi connectivity index (χ2n) is 4.82. The van der Waals surface area contributed by atoms with Crippen molar-refractivity contribution in [2.45, 2.75) is 57.7 Å². The van der Waals surface area contributed by atoms with E-state index in [1.807, 2.05) is 0 Å². The summed E-state index contributed by atoms with van der Waals surface area (Å²) < 4.78 is 0. The smallest absolute Gasteiger partial charge is 0.0211 e. The van der Waals surface area contributed by atoms with Crippen LogP contribution in [0.25, 0.3) is 0 Å².